The molecule has 1 aliphatic heterocycles. The second kappa shape index (κ2) is 6.63. The van der Waals surface area contributed by atoms with E-state index in [1.165, 1.54) is 25.7 Å². The molecule has 122 valence electrons. The van der Waals surface area contributed by atoms with E-state index in [0.29, 0.717) is 18.1 Å². The molecule has 0 aromatic rings. The highest BCUT2D eigenvalue weighted by atomic mass is 16.1. The minimum atomic E-state index is -0.570. The van der Waals surface area contributed by atoms with E-state index in [1.807, 2.05) is 6.92 Å². The van der Waals surface area contributed by atoms with Gasteiger partial charge in [0.1, 0.15) is 0 Å². The average Bonchev–Trinajstić information content (AvgIpc) is 3.22. The first-order valence-electron chi connectivity index (χ1n) is 8.30. The quantitative estimate of drug-likeness (QED) is 0.729. The molecule has 0 bridgehead atoms. The number of piperidine rings is 1. The van der Waals surface area contributed by atoms with E-state index < -0.39 is 5.54 Å². The Hall–Kier alpha value is -0.650. The topological polar surface area (TPSA) is 61.6 Å². The van der Waals surface area contributed by atoms with Crippen LogP contribution in [0.2, 0.25) is 0 Å². The molecule has 2 aliphatic rings. The predicted molar refractivity (Wildman–Crippen MR) is 86.1 cm³/mol. The lowest BCUT2D eigenvalue weighted by atomic mass is 9.90. The molecule has 21 heavy (non-hydrogen) atoms. The largest absolute Gasteiger partial charge is 0.368 e. The molecule has 1 aliphatic carbocycles. The van der Waals surface area contributed by atoms with Crippen molar-refractivity contribution in [1.29, 1.82) is 0 Å². The Morgan fingerprint density at radius 2 is 1.90 bits per heavy atom. The minimum Gasteiger partial charge on any atom is -0.368 e. The summed E-state index contributed by atoms with van der Waals surface area (Å²) in [7, 11) is 4.32. The lowest BCUT2D eigenvalue weighted by Crippen LogP contribution is -2.57. The summed E-state index contributed by atoms with van der Waals surface area (Å²) in [6, 6.07) is 1.58. The van der Waals surface area contributed by atoms with E-state index in [2.05, 4.69) is 36.1 Å². The van der Waals surface area contributed by atoms with Gasteiger partial charge in [0.25, 0.3) is 0 Å². The number of amides is 1. The van der Waals surface area contributed by atoms with E-state index in [4.69, 9.17) is 5.73 Å². The summed E-state index contributed by atoms with van der Waals surface area (Å²) in [6.07, 6.45) is 5.56. The maximum absolute atomic E-state index is 11.9. The normalized spacial score (nSPS) is 25.8. The van der Waals surface area contributed by atoms with Crippen molar-refractivity contribution in [3.05, 3.63) is 0 Å². The lowest BCUT2D eigenvalue weighted by molar-refractivity contribution is -0.124. The highest BCUT2D eigenvalue weighted by Gasteiger charge is 2.39. The van der Waals surface area contributed by atoms with E-state index in [1.54, 1.807) is 0 Å². The number of rotatable bonds is 7. The molecule has 0 aromatic heterocycles. The fraction of sp³-hybridized carbons (Fsp3) is 0.938. The van der Waals surface area contributed by atoms with Crippen molar-refractivity contribution in [3.63, 3.8) is 0 Å². The molecule has 1 heterocycles. The van der Waals surface area contributed by atoms with Crippen LogP contribution in [0.15, 0.2) is 0 Å². The van der Waals surface area contributed by atoms with Crippen molar-refractivity contribution in [2.75, 3.05) is 27.2 Å². The van der Waals surface area contributed by atoms with Gasteiger partial charge in [0, 0.05) is 18.1 Å². The predicted octanol–water partition coefficient (Wildman–Crippen LogP) is 0.787. The van der Waals surface area contributed by atoms with Gasteiger partial charge >= 0.3 is 0 Å². The highest BCUT2D eigenvalue weighted by Crippen LogP contribution is 2.27. The third kappa shape index (κ3) is 4.41. The number of carbonyl (C=O) groups excluding carboxylic acids is 1. The summed E-state index contributed by atoms with van der Waals surface area (Å²) >= 11 is 0. The van der Waals surface area contributed by atoms with Crippen LogP contribution >= 0.6 is 0 Å². The van der Waals surface area contributed by atoms with Gasteiger partial charge in [-0.25, -0.2) is 0 Å². The Labute approximate surface area is 129 Å². The Morgan fingerprint density at radius 1 is 1.33 bits per heavy atom. The summed E-state index contributed by atoms with van der Waals surface area (Å²) in [5.74, 6) is -0.218. The van der Waals surface area contributed by atoms with Crippen LogP contribution in [-0.2, 0) is 4.79 Å². The fourth-order valence-electron chi connectivity index (χ4n) is 3.47. The minimum absolute atomic E-state index is 0.218. The van der Waals surface area contributed by atoms with Gasteiger partial charge in [0.05, 0.1) is 5.54 Å². The molecule has 2 rings (SSSR count). The number of nitrogens with zero attached hydrogens (tertiary/aromatic N) is 2. The first kappa shape index (κ1) is 16.7. The van der Waals surface area contributed by atoms with Crippen LogP contribution in [-0.4, -0.2) is 66.6 Å². The average molecular weight is 296 g/mol. The van der Waals surface area contributed by atoms with Crippen LogP contribution in [0, 0.1) is 0 Å². The molecule has 1 amide bonds. The van der Waals surface area contributed by atoms with Crippen LogP contribution in [0.3, 0.4) is 0 Å². The molecule has 2 fully saturated rings. The molecule has 0 spiro atoms. The molecule has 1 saturated carbocycles. The summed E-state index contributed by atoms with van der Waals surface area (Å²) in [4.78, 5) is 16.7. The summed E-state index contributed by atoms with van der Waals surface area (Å²) in [5, 5.41) is 3.45. The number of nitrogens with two attached hydrogens (primary N) is 1. The zero-order valence-corrected chi connectivity index (χ0v) is 14.1. The number of hydrogen-bond donors (Lipinski definition) is 2. The zero-order chi connectivity index (χ0) is 15.6. The van der Waals surface area contributed by atoms with Crippen LogP contribution < -0.4 is 11.1 Å². The third-order valence-corrected chi connectivity index (χ3v) is 5.20. The zero-order valence-electron chi connectivity index (χ0n) is 14.1. The van der Waals surface area contributed by atoms with Gasteiger partial charge in [0.2, 0.25) is 5.91 Å². The van der Waals surface area contributed by atoms with Gasteiger partial charge in [-0.1, -0.05) is 0 Å². The molecular formula is C16H32N4O. The Morgan fingerprint density at radius 3 is 2.33 bits per heavy atom. The number of likely N-dealkylation sites (tertiary alicyclic amines) is 1. The van der Waals surface area contributed by atoms with Gasteiger partial charge in [-0.3, -0.25) is 4.79 Å². The summed E-state index contributed by atoms with van der Waals surface area (Å²) in [5.41, 5.74) is 5.09. The number of carbonyl (C=O) groups is 1. The molecule has 0 aromatic carbocycles. The van der Waals surface area contributed by atoms with Crippen molar-refractivity contribution in [2.24, 2.45) is 5.73 Å². The molecule has 5 nitrogen and oxygen atoms in total. The van der Waals surface area contributed by atoms with Crippen molar-refractivity contribution < 1.29 is 4.79 Å². The maximum atomic E-state index is 11.9. The maximum Gasteiger partial charge on any atom is 0.237 e. The highest BCUT2D eigenvalue weighted by molar-refractivity contribution is 5.84. The van der Waals surface area contributed by atoms with E-state index in [-0.39, 0.29) is 5.91 Å². The van der Waals surface area contributed by atoms with Crippen LogP contribution in [0.4, 0.5) is 0 Å². The molecule has 5 heteroatoms. The molecular weight excluding hydrogens is 264 g/mol. The van der Waals surface area contributed by atoms with Crippen molar-refractivity contribution in [3.8, 4) is 0 Å². The van der Waals surface area contributed by atoms with Crippen LogP contribution in [0.5, 0.6) is 0 Å². The summed E-state index contributed by atoms with van der Waals surface area (Å²) < 4.78 is 0. The smallest absolute Gasteiger partial charge is 0.237 e. The summed E-state index contributed by atoms with van der Waals surface area (Å²) in [6.45, 7) is 6.42. The second-order valence-electron chi connectivity index (χ2n) is 7.40. The second-order valence-corrected chi connectivity index (χ2v) is 7.40. The molecule has 2 atom stereocenters. The van der Waals surface area contributed by atoms with Gasteiger partial charge in [-0.15, -0.1) is 0 Å². The Bertz CT molecular complexity index is 361. The molecule has 2 unspecified atom stereocenters. The van der Waals surface area contributed by atoms with Crippen LogP contribution in [0.1, 0.15) is 46.0 Å². The van der Waals surface area contributed by atoms with Crippen molar-refractivity contribution in [1.82, 2.24) is 15.1 Å². The van der Waals surface area contributed by atoms with Gasteiger partial charge in [-0.05, 0) is 73.1 Å². The fourth-order valence-corrected chi connectivity index (χ4v) is 3.47. The standard InChI is InChI=1S/C16H32N4O/c1-12(20-9-7-14(8-10-20)19(3)4)11-16(2,15(17)21)18-13-5-6-13/h12-14,18H,5-11H2,1-4H3,(H2,17,21). The van der Waals surface area contributed by atoms with Crippen LogP contribution in [0.25, 0.3) is 0 Å². The van der Waals surface area contributed by atoms with Gasteiger partial charge in [-0.2, -0.15) is 0 Å². The van der Waals surface area contributed by atoms with E-state index in [9.17, 15) is 4.79 Å². The van der Waals surface area contributed by atoms with E-state index in [0.717, 1.165) is 19.5 Å². The number of primary amides is 1. The van der Waals surface area contributed by atoms with Crippen molar-refractivity contribution >= 4 is 5.91 Å². The van der Waals surface area contributed by atoms with E-state index >= 15 is 0 Å². The number of hydrogen-bond acceptors (Lipinski definition) is 4. The van der Waals surface area contributed by atoms with Crippen molar-refractivity contribution in [2.45, 2.75) is 69.6 Å². The third-order valence-electron chi connectivity index (χ3n) is 5.20. The first-order chi connectivity index (χ1) is 9.82. The SMILES string of the molecule is CC(CC(C)(NC1CC1)C(N)=O)N1CCC(N(C)C)CC1. The van der Waals surface area contributed by atoms with Gasteiger partial charge in [0.15, 0.2) is 0 Å². The first-order valence-corrected chi connectivity index (χ1v) is 8.30. The molecule has 0 radical (unpaired) electrons. The molecule has 3 N–H and O–H groups in total. The molecule has 1 saturated heterocycles. The van der Waals surface area contributed by atoms with Gasteiger partial charge < -0.3 is 20.9 Å². The monoisotopic (exact) mass is 296 g/mol. The Balaban J connectivity index is 1.87. The lowest BCUT2D eigenvalue weighted by Gasteiger charge is -2.41. The number of nitrogens with one attached hydrogen (secondary N) is 1. The Kier molecular flexibility index (Phi) is 5.28.